The van der Waals surface area contributed by atoms with E-state index in [-0.39, 0.29) is 41.2 Å². The van der Waals surface area contributed by atoms with Crippen molar-refractivity contribution < 1.29 is 14.0 Å². The third kappa shape index (κ3) is 4.99. The number of nitrogens with zero attached hydrogens (tertiary/aromatic N) is 1. The molecule has 6 nitrogen and oxygen atoms in total. The minimum atomic E-state index is -0.377. The van der Waals surface area contributed by atoms with Crippen LogP contribution in [-0.2, 0) is 11.2 Å². The minimum Gasteiger partial charge on any atom is -0.349 e. The third-order valence-electron chi connectivity index (χ3n) is 7.63. The van der Waals surface area contributed by atoms with E-state index in [0.717, 1.165) is 43.2 Å². The number of carbonyl (C=O) groups is 2. The van der Waals surface area contributed by atoms with Gasteiger partial charge in [0.2, 0.25) is 5.91 Å². The quantitative estimate of drug-likeness (QED) is 0.599. The summed E-state index contributed by atoms with van der Waals surface area (Å²) in [6.07, 6.45) is 3.82. The molecule has 1 aromatic heterocycles. The molecule has 1 aliphatic carbocycles. The Morgan fingerprint density at radius 2 is 1.91 bits per heavy atom. The molecule has 2 fully saturated rings. The zero-order valence-electron chi connectivity index (χ0n) is 19.9. The van der Waals surface area contributed by atoms with E-state index >= 15 is 0 Å². The van der Waals surface area contributed by atoms with Crippen molar-refractivity contribution in [1.82, 2.24) is 15.2 Å². The van der Waals surface area contributed by atoms with Gasteiger partial charge in [-0.3, -0.25) is 14.4 Å². The van der Waals surface area contributed by atoms with E-state index in [1.165, 1.54) is 6.07 Å². The summed E-state index contributed by atoms with van der Waals surface area (Å²) in [5.74, 6) is 0.361. The van der Waals surface area contributed by atoms with E-state index in [1.54, 1.807) is 25.1 Å². The van der Waals surface area contributed by atoms with Crippen LogP contribution in [0.25, 0.3) is 10.9 Å². The van der Waals surface area contributed by atoms with Crippen LogP contribution in [0.3, 0.4) is 0 Å². The number of piperidine rings is 1. The smallest absolute Gasteiger partial charge is 0.261 e. The molecule has 7 heteroatoms. The van der Waals surface area contributed by atoms with Crippen LogP contribution in [-0.4, -0.2) is 40.8 Å². The van der Waals surface area contributed by atoms with Crippen LogP contribution in [0.5, 0.6) is 0 Å². The van der Waals surface area contributed by atoms with Crippen molar-refractivity contribution >= 4 is 22.7 Å². The number of likely N-dealkylation sites (tertiary alicyclic amines) is 1. The van der Waals surface area contributed by atoms with Crippen molar-refractivity contribution in [2.24, 2.45) is 11.8 Å². The molecular formula is C28H30FN3O3. The summed E-state index contributed by atoms with van der Waals surface area (Å²) in [4.78, 5) is 42.9. The maximum Gasteiger partial charge on any atom is 0.261 e. The van der Waals surface area contributed by atoms with Gasteiger partial charge in [-0.05, 0) is 79.2 Å². The van der Waals surface area contributed by atoms with Crippen LogP contribution < -0.4 is 10.9 Å². The van der Waals surface area contributed by atoms with E-state index in [9.17, 15) is 18.8 Å². The highest BCUT2D eigenvalue weighted by Crippen LogP contribution is 2.36. The Hall–Kier alpha value is -3.48. The van der Waals surface area contributed by atoms with Crippen LogP contribution in [0, 0.1) is 24.6 Å². The Bertz CT molecular complexity index is 1330. The molecule has 0 radical (unpaired) electrons. The summed E-state index contributed by atoms with van der Waals surface area (Å²) < 4.78 is 13.5. The van der Waals surface area contributed by atoms with Gasteiger partial charge in [0.1, 0.15) is 11.4 Å². The second-order valence-corrected chi connectivity index (χ2v) is 9.99. The van der Waals surface area contributed by atoms with Crippen LogP contribution in [0.1, 0.15) is 47.2 Å². The molecule has 1 saturated carbocycles. The van der Waals surface area contributed by atoms with Gasteiger partial charge in [-0.25, -0.2) is 4.39 Å². The maximum absolute atomic E-state index is 13.5. The van der Waals surface area contributed by atoms with Gasteiger partial charge in [0.05, 0.1) is 6.42 Å². The fraction of sp³-hybridized carbons (Fsp3) is 0.393. The van der Waals surface area contributed by atoms with E-state index < -0.39 is 0 Å². The number of benzene rings is 2. The highest BCUT2D eigenvalue weighted by Gasteiger charge is 2.36. The second kappa shape index (κ2) is 9.64. The average molecular weight is 476 g/mol. The molecule has 2 heterocycles. The molecular weight excluding hydrogens is 445 g/mol. The SMILES string of the molecule is Cc1cc(CC(=O)N2CCC3CC(NC(=O)c4cc5ccccc5[nH]c4=O)CCC3C2)ccc1F. The Kier molecular flexibility index (Phi) is 6.41. The van der Waals surface area contributed by atoms with Crippen molar-refractivity contribution in [3.05, 3.63) is 81.4 Å². The predicted octanol–water partition coefficient (Wildman–Crippen LogP) is 3.97. The van der Waals surface area contributed by atoms with Gasteiger partial charge in [-0.15, -0.1) is 0 Å². The normalized spacial score (nSPS) is 22.0. The second-order valence-electron chi connectivity index (χ2n) is 9.99. The number of fused-ring (bicyclic) bond motifs is 2. The number of halogens is 1. The molecule has 3 aromatic rings. The summed E-state index contributed by atoms with van der Waals surface area (Å²) in [7, 11) is 0. The van der Waals surface area contributed by atoms with E-state index in [2.05, 4.69) is 10.3 Å². The summed E-state index contributed by atoms with van der Waals surface area (Å²) in [5, 5.41) is 3.91. The summed E-state index contributed by atoms with van der Waals surface area (Å²) in [6, 6.07) is 13.9. The van der Waals surface area contributed by atoms with Crippen LogP contribution in [0.15, 0.2) is 53.3 Å². The van der Waals surface area contributed by atoms with Crippen LogP contribution in [0.2, 0.25) is 0 Å². The predicted molar refractivity (Wildman–Crippen MR) is 133 cm³/mol. The molecule has 1 aliphatic heterocycles. The van der Waals surface area contributed by atoms with Gasteiger partial charge >= 0.3 is 0 Å². The van der Waals surface area contributed by atoms with Crippen LogP contribution >= 0.6 is 0 Å². The standard InChI is InChI=1S/C28H30FN3O3/c1-17-12-18(6-9-24(17)29)13-26(33)32-11-10-19-14-22(8-7-21(19)16-32)30-27(34)23-15-20-4-2-3-5-25(20)31-28(23)35/h2-6,9,12,15,19,21-22H,7-8,10-11,13-14,16H2,1H3,(H,30,34)(H,31,35). The molecule has 0 bridgehead atoms. The van der Waals surface area contributed by atoms with Crippen LogP contribution in [0.4, 0.5) is 4.39 Å². The Morgan fingerprint density at radius 1 is 1.09 bits per heavy atom. The van der Waals surface area contributed by atoms with Crippen molar-refractivity contribution in [3.8, 4) is 0 Å². The highest BCUT2D eigenvalue weighted by atomic mass is 19.1. The molecule has 0 spiro atoms. The average Bonchev–Trinajstić information content (AvgIpc) is 2.85. The number of pyridine rings is 1. The molecule has 182 valence electrons. The van der Waals surface area contributed by atoms with E-state index in [0.29, 0.717) is 29.5 Å². The number of aromatic nitrogens is 1. The Labute approximate surface area is 203 Å². The number of para-hydroxylation sites is 1. The molecule has 2 amide bonds. The van der Waals surface area contributed by atoms with Gasteiger partial charge in [-0.1, -0.05) is 30.3 Å². The van der Waals surface area contributed by atoms with Crippen molar-refractivity contribution in [1.29, 1.82) is 0 Å². The summed E-state index contributed by atoms with van der Waals surface area (Å²) in [5.41, 5.74) is 1.87. The number of hydrogen-bond acceptors (Lipinski definition) is 3. The number of amides is 2. The number of nitrogens with one attached hydrogen (secondary N) is 2. The number of rotatable bonds is 4. The number of H-pyrrole nitrogens is 1. The number of hydrogen-bond donors (Lipinski definition) is 2. The Morgan fingerprint density at radius 3 is 2.74 bits per heavy atom. The van der Waals surface area contributed by atoms with Crippen molar-refractivity contribution in [2.45, 2.75) is 45.1 Å². The van der Waals surface area contributed by atoms with Gasteiger partial charge < -0.3 is 15.2 Å². The van der Waals surface area contributed by atoms with Crippen molar-refractivity contribution in [2.75, 3.05) is 13.1 Å². The molecule has 2 aliphatic rings. The molecule has 3 unspecified atom stereocenters. The summed E-state index contributed by atoms with van der Waals surface area (Å²) >= 11 is 0. The molecule has 2 N–H and O–H groups in total. The first kappa shape index (κ1) is 23.3. The molecule has 3 atom stereocenters. The van der Waals surface area contributed by atoms with E-state index in [4.69, 9.17) is 0 Å². The largest absolute Gasteiger partial charge is 0.349 e. The van der Waals surface area contributed by atoms with Crippen molar-refractivity contribution in [3.63, 3.8) is 0 Å². The first-order valence-corrected chi connectivity index (χ1v) is 12.3. The first-order valence-electron chi connectivity index (χ1n) is 12.3. The molecule has 5 rings (SSSR count). The monoisotopic (exact) mass is 475 g/mol. The van der Waals surface area contributed by atoms with E-state index in [1.807, 2.05) is 29.2 Å². The molecule has 1 saturated heterocycles. The Balaban J connectivity index is 1.17. The molecule has 2 aromatic carbocycles. The highest BCUT2D eigenvalue weighted by molar-refractivity contribution is 5.97. The summed E-state index contributed by atoms with van der Waals surface area (Å²) in [6.45, 7) is 3.14. The number of carbonyl (C=O) groups excluding carboxylic acids is 2. The minimum absolute atomic E-state index is 0.0269. The van der Waals surface area contributed by atoms with Gasteiger partial charge in [0.25, 0.3) is 11.5 Å². The fourth-order valence-corrected chi connectivity index (χ4v) is 5.66. The van der Waals surface area contributed by atoms with Gasteiger partial charge in [0.15, 0.2) is 0 Å². The van der Waals surface area contributed by atoms with Gasteiger partial charge in [-0.2, -0.15) is 0 Å². The topological polar surface area (TPSA) is 82.3 Å². The maximum atomic E-state index is 13.5. The molecule has 35 heavy (non-hydrogen) atoms. The lowest BCUT2D eigenvalue weighted by molar-refractivity contribution is -0.133. The zero-order valence-corrected chi connectivity index (χ0v) is 19.9. The number of aromatic amines is 1. The fourth-order valence-electron chi connectivity index (χ4n) is 5.66. The lowest BCUT2D eigenvalue weighted by Crippen LogP contribution is -2.49. The lowest BCUT2D eigenvalue weighted by Gasteiger charge is -2.43. The third-order valence-corrected chi connectivity index (χ3v) is 7.63. The first-order chi connectivity index (χ1) is 16.9. The lowest BCUT2D eigenvalue weighted by atomic mass is 9.73. The number of aryl methyl sites for hydroxylation is 1. The van der Waals surface area contributed by atoms with Gasteiger partial charge in [0, 0.05) is 24.6 Å². The zero-order chi connectivity index (χ0) is 24.5.